The zero-order valence-electron chi connectivity index (χ0n) is 10.7. The molecule has 98 valence electrons. The van der Waals surface area contributed by atoms with E-state index in [1.54, 1.807) is 18.4 Å². The topological polar surface area (TPSA) is 30.5 Å². The van der Waals surface area contributed by atoms with Crippen molar-refractivity contribution in [1.29, 1.82) is 0 Å². The number of hydrogen-bond donors (Lipinski definition) is 1. The summed E-state index contributed by atoms with van der Waals surface area (Å²) in [6, 6.07) is 4.79. The molecule has 2 rings (SSSR count). The summed E-state index contributed by atoms with van der Waals surface area (Å²) in [6.07, 6.45) is 3.65. The average Bonchev–Trinajstić information content (AvgIpc) is 2.42. The van der Waals surface area contributed by atoms with Gasteiger partial charge in [-0.3, -0.25) is 0 Å². The number of hydrogen-bond acceptors (Lipinski definition) is 3. The van der Waals surface area contributed by atoms with Crippen molar-refractivity contribution in [2.75, 3.05) is 20.8 Å². The van der Waals surface area contributed by atoms with Gasteiger partial charge in [-0.25, -0.2) is 4.39 Å². The van der Waals surface area contributed by atoms with Crippen molar-refractivity contribution in [3.63, 3.8) is 0 Å². The Morgan fingerprint density at radius 3 is 2.83 bits per heavy atom. The zero-order chi connectivity index (χ0) is 13.0. The van der Waals surface area contributed by atoms with Crippen molar-refractivity contribution < 1.29 is 13.9 Å². The van der Waals surface area contributed by atoms with Crippen LogP contribution in [0.1, 0.15) is 24.4 Å². The minimum absolute atomic E-state index is 0.142. The van der Waals surface area contributed by atoms with Gasteiger partial charge in [0.15, 0.2) is 0 Å². The SMILES string of the molecule is CNC(C1=COCCC1)c1ccc(OC)cc1F. The van der Waals surface area contributed by atoms with Crippen LogP contribution in [-0.4, -0.2) is 20.8 Å². The maximum absolute atomic E-state index is 14.0. The summed E-state index contributed by atoms with van der Waals surface area (Å²) in [5, 5.41) is 3.14. The van der Waals surface area contributed by atoms with Gasteiger partial charge in [-0.15, -0.1) is 0 Å². The van der Waals surface area contributed by atoms with E-state index in [0.29, 0.717) is 11.3 Å². The van der Waals surface area contributed by atoms with Gasteiger partial charge < -0.3 is 14.8 Å². The fraction of sp³-hybridized carbons (Fsp3) is 0.429. The summed E-state index contributed by atoms with van der Waals surface area (Å²) in [5.41, 5.74) is 1.70. The Labute approximate surface area is 107 Å². The Morgan fingerprint density at radius 2 is 2.28 bits per heavy atom. The number of likely N-dealkylation sites (N-methyl/N-ethyl adjacent to an activating group) is 1. The minimum atomic E-state index is -0.264. The molecule has 0 radical (unpaired) electrons. The molecule has 1 N–H and O–H groups in total. The van der Waals surface area contributed by atoms with Crippen molar-refractivity contribution in [3.8, 4) is 5.75 Å². The third kappa shape index (κ3) is 2.64. The fourth-order valence-electron chi connectivity index (χ4n) is 2.21. The third-order valence-corrected chi connectivity index (χ3v) is 3.14. The van der Waals surface area contributed by atoms with E-state index >= 15 is 0 Å². The molecule has 0 saturated carbocycles. The molecule has 0 amide bonds. The molecule has 3 nitrogen and oxygen atoms in total. The van der Waals surface area contributed by atoms with Crippen molar-refractivity contribution in [2.24, 2.45) is 0 Å². The van der Waals surface area contributed by atoms with E-state index < -0.39 is 0 Å². The fourth-order valence-corrected chi connectivity index (χ4v) is 2.21. The van der Waals surface area contributed by atoms with Crippen LogP contribution in [0.5, 0.6) is 5.75 Å². The first-order chi connectivity index (χ1) is 8.76. The molecule has 18 heavy (non-hydrogen) atoms. The largest absolute Gasteiger partial charge is 0.501 e. The molecule has 0 spiro atoms. The Bertz CT molecular complexity index is 445. The molecule has 0 aliphatic carbocycles. The van der Waals surface area contributed by atoms with Crippen LogP contribution < -0.4 is 10.1 Å². The summed E-state index contributed by atoms with van der Waals surface area (Å²) < 4.78 is 24.4. The van der Waals surface area contributed by atoms with Crippen molar-refractivity contribution in [3.05, 3.63) is 41.4 Å². The number of benzene rings is 1. The Hall–Kier alpha value is -1.55. The quantitative estimate of drug-likeness (QED) is 0.892. The predicted molar refractivity (Wildman–Crippen MR) is 68.0 cm³/mol. The number of nitrogens with one attached hydrogen (secondary N) is 1. The van der Waals surface area contributed by atoms with Gasteiger partial charge in [0.05, 0.1) is 26.0 Å². The van der Waals surface area contributed by atoms with Gasteiger partial charge in [-0.2, -0.15) is 0 Å². The van der Waals surface area contributed by atoms with Gasteiger partial charge in [0.2, 0.25) is 0 Å². The molecule has 0 aromatic heterocycles. The smallest absolute Gasteiger partial charge is 0.132 e. The van der Waals surface area contributed by atoms with Gasteiger partial charge in [0.1, 0.15) is 11.6 Å². The van der Waals surface area contributed by atoms with Crippen LogP contribution in [0.3, 0.4) is 0 Å². The maximum atomic E-state index is 14.0. The number of rotatable bonds is 4. The third-order valence-electron chi connectivity index (χ3n) is 3.14. The van der Waals surface area contributed by atoms with Crippen LogP contribution in [0.15, 0.2) is 30.0 Å². The standard InChI is InChI=1S/C14H18FNO2/c1-16-14(10-4-3-7-18-9-10)12-6-5-11(17-2)8-13(12)15/h5-6,8-9,14,16H,3-4,7H2,1-2H3. The van der Waals surface area contributed by atoms with Gasteiger partial charge in [-0.1, -0.05) is 6.07 Å². The lowest BCUT2D eigenvalue weighted by Gasteiger charge is -2.23. The first-order valence-electron chi connectivity index (χ1n) is 6.07. The van der Waals surface area contributed by atoms with Crippen LogP contribution in [0, 0.1) is 5.82 Å². The first-order valence-corrected chi connectivity index (χ1v) is 6.07. The highest BCUT2D eigenvalue weighted by Gasteiger charge is 2.20. The van der Waals surface area contributed by atoms with Crippen LogP contribution in [0.2, 0.25) is 0 Å². The molecule has 0 saturated heterocycles. The maximum Gasteiger partial charge on any atom is 0.132 e. The highest BCUT2D eigenvalue weighted by molar-refractivity contribution is 5.35. The van der Waals surface area contributed by atoms with Gasteiger partial charge in [0, 0.05) is 11.6 Å². The van der Waals surface area contributed by atoms with E-state index in [2.05, 4.69) is 5.32 Å². The van der Waals surface area contributed by atoms with E-state index in [0.717, 1.165) is 25.0 Å². The van der Waals surface area contributed by atoms with E-state index in [1.165, 1.54) is 13.2 Å². The second-order valence-corrected chi connectivity index (χ2v) is 4.28. The number of methoxy groups -OCH3 is 1. The molecule has 0 bridgehead atoms. The van der Waals surface area contributed by atoms with E-state index in [1.807, 2.05) is 7.05 Å². The molecule has 0 fully saturated rings. The summed E-state index contributed by atoms with van der Waals surface area (Å²) in [5.74, 6) is 0.264. The molecule has 4 heteroatoms. The average molecular weight is 251 g/mol. The molecule has 1 atom stereocenters. The van der Waals surface area contributed by atoms with Crippen molar-refractivity contribution in [1.82, 2.24) is 5.32 Å². The highest BCUT2D eigenvalue weighted by atomic mass is 19.1. The Kier molecular flexibility index (Phi) is 4.20. The normalized spacial score (nSPS) is 16.7. The zero-order valence-corrected chi connectivity index (χ0v) is 10.7. The van der Waals surface area contributed by atoms with E-state index in [4.69, 9.17) is 9.47 Å². The van der Waals surface area contributed by atoms with Crippen LogP contribution in [-0.2, 0) is 4.74 Å². The minimum Gasteiger partial charge on any atom is -0.501 e. The lowest BCUT2D eigenvalue weighted by atomic mass is 9.95. The molecule has 1 aliphatic heterocycles. The van der Waals surface area contributed by atoms with Gasteiger partial charge >= 0.3 is 0 Å². The van der Waals surface area contributed by atoms with E-state index in [-0.39, 0.29) is 11.9 Å². The number of halogens is 1. The van der Waals surface area contributed by atoms with Crippen LogP contribution in [0.25, 0.3) is 0 Å². The first kappa shape index (κ1) is 12.9. The Balaban J connectivity index is 2.29. The highest BCUT2D eigenvalue weighted by Crippen LogP contribution is 2.30. The van der Waals surface area contributed by atoms with Gasteiger partial charge in [0.25, 0.3) is 0 Å². The molecule has 1 heterocycles. The molecule has 1 aromatic carbocycles. The molecule has 1 unspecified atom stereocenters. The Morgan fingerprint density at radius 1 is 1.44 bits per heavy atom. The second-order valence-electron chi connectivity index (χ2n) is 4.28. The van der Waals surface area contributed by atoms with Crippen LogP contribution >= 0.6 is 0 Å². The molecular formula is C14H18FNO2. The summed E-state index contributed by atoms with van der Waals surface area (Å²) in [6.45, 7) is 0.741. The molecule has 1 aromatic rings. The van der Waals surface area contributed by atoms with Crippen LogP contribution in [0.4, 0.5) is 4.39 Å². The van der Waals surface area contributed by atoms with Gasteiger partial charge in [-0.05, 0) is 31.5 Å². The molecule has 1 aliphatic rings. The van der Waals surface area contributed by atoms with E-state index in [9.17, 15) is 4.39 Å². The number of ether oxygens (including phenoxy) is 2. The monoisotopic (exact) mass is 251 g/mol. The lowest BCUT2D eigenvalue weighted by Crippen LogP contribution is -2.21. The lowest BCUT2D eigenvalue weighted by molar-refractivity contribution is 0.219. The second kappa shape index (κ2) is 5.87. The predicted octanol–water partition coefficient (Wildman–Crippen LogP) is 2.79. The molecular weight excluding hydrogens is 233 g/mol. The summed E-state index contributed by atoms with van der Waals surface area (Å²) in [4.78, 5) is 0. The van der Waals surface area contributed by atoms with Crippen molar-refractivity contribution in [2.45, 2.75) is 18.9 Å². The summed E-state index contributed by atoms with van der Waals surface area (Å²) in [7, 11) is 3.35. The van der Waals surface area contributed by atoms with Crippen molar-refractivity contribution >= 4 is 0 Å². The summed E-state index contributed by atoms with van der Waals surface area (Å²) >= 11 is 0.